The van der Waals surface area contributed by atoms with E-state index >= 15 is 0 Å². The highest BCUT2D eigenvalue weighted by Crippen LogP contribution is 2.31. The summed E-state index contributed by atoms with van der Waals surface area (Å²) in [7, 11) is 1.88. The van der Waals surface area contributed by atoms with Crippen LogP contribution in [0.15, 0.2) is 23.3 Å². The van der Waals surface area contributed by atoms with Crippen molar-refractivity contribution in [2.75, 3.05) is 26.7 Å². The first-order valence-electron chi connectivity index (χ1n) is 9.73. The number of fused-ring (bicyclic) bond motifs is 2. The molecule has 0 radical (unpaired) electrons. The van der Waals surface area contributed by atoms with Gasteiger partial charge in [-0.2, -0.15) is 0 Å². The van der Waals surface area contributed by atoms with Gasteiger partial charge in [0.05, 0.1) is 0 Å². The number of rotatable bonds is 1. The number of carbonyl (C=O) groups is 4. The van der Waals surface area contributed by atoms with Gasteiger partial charge in [-0.05, 0) is 27.3 Å². The molecule has 0 aromatic carbocycles. The molecule has 2 rings (SSSR count). The maximum absolute atomic E-state index is 12.9. The van der Waals surface area contributed by atoms with Crippen LogP contribution in [0.2, 0.25) is 0 Å². The topological polar surface area (TPSA) is 99.2 Å². The Kier molecular flexibility index (Phi) is 7.35. The summed E-state index contributed by atoms with van der Waals surface area (Å²) in [6.45, 7) is 6.83. The number of ether oxygens (including phenoxy) is 3. The van der Waals surface area contributed by atoms with Crippen LogP contribution in [0.5, 0.6) is 0 Å². The van der Waals surface area contributed by atoms with Gasteiger partial charge in [-0.1, -0.05) is 19.1 Å². The zero-order chi connectivity index (χ0) is 21.8. The molecule has 1 fully saturated rings. The third-order valence-electron chi connectivity index (χ3n) is 5.48. The summed E-state index contributed by atoms with van der Waals surface area (Å²) in [6, 6.07) is 0. The number of esters is 3. The number of hydrogen-bond acceptors (Lipinski definition) is 8. The summed E-state index contributed by atoms with van der Waals surface area (Å²) >= 11 is 0. The molecular formula is C21H29NO7. The SMILES string of the molecule is CC=C1C[C@@H](C)[C@](C)(OC(C)=O)C(=O)OC/C2=C/CN(C)CC[C@@H](OC1=O)C2=O. The molecule has 0 saturated carbocycles. The fourth-order valence-corrected chi connectivity index (χ4v) is 3.35. The van der Waals surface area contributed by atoms with Crippen molar-refractivity contribution < 1.29 is 33.4 Å². The lowest BCUT2D eigenvalue weighted by atomic mass is 9.84. The van der Waals surface area contributed by atoms with E-state index in [4.69, 9.17) is 14.2 Å². The van der Waals surface area contributed by atoms with E-state index in [0.29, 0.717) is 25.1 Å². The van der Waals surface area contributed by atoms with Crippen LogP contribution in [0.3, 0.4) is 0 Å². The first-order valence-corrected chi connectivity index (χ1v) is 9.73. The summed E-state index contributed by atoms with van der Waals surface area (Å²) in [5.41, 5.74) is -1.05. The molecule has 0 spiro atoms. The lowest BCUT2D eigenvalue weighted by Gasteiger charge is -2.34. The summed E-state index contributed by atoms with van der Waals surface area (Å²) in [5, 5.41) is 0. The Hall–Kier alpha value is -2.48. The maximum atomic E-state index is 12.9. The van der Waals surface area contributed by atoms with E-state index in [2.05, 4.69) is 0 Å². The van der Waals surface area contributed by atoms with Crippen LogP contribution in [0, 0.1) is 5.92 Å². The molecule has 0 amide bonds. The Morgan fingerprint density at radius 1 is 1.34 bits per heavy atom. The monoisotopic (exact) mass is 407 g/mol. The lowest BCUT2D eigenvalue weighted by molar-refractivity contribution is -0.185. The molecule has 0 aliphatic carbocycles. The number of allylic oxidation sites excluding steroid dienone is 1. The Morgan fingerprint density at radius 2 is 2.03 bits per heavy atom. The Labute approximate surface area is 170 Å². The van der Waals surface area contributed by atoms with E-state index in [9.17, 15) is 19.2 Å². The molecule has 2 aliphatic rings. The van der Waals surface area contributed by atoms with Gasteiger partial charge in [0.15, 0.2) is 6.10 Å². The smallest absolute Gasteiger partial charge is 0.350 e. The van der Waals surface area contributed by atoms with Gasteiger partial charge in [0, 0.05) is 43.5 Å². The molecule has 160 valence electrons. The minimum absolute atomic E-state index is 0.123. The molecule has 0 aromatic heterocycles. The first-order chi connectivity index (χ1) is 13.6. The van der Waals surface area contributed by atoms with Crippen molar-refractivity contribution in [1.29, 1.82) is 0 Å². The molecular weight excluding hydrogens is 378 g/mol. The van der Waals surface area contributed by atoms with Crippen LogP contribution < -0.4 is 0 Å². The molecule has 2 bridgehead atoms. The third kappa shape index (κ3) is 5.32. The quantitative estimate of drug-likeness (QED) is 0.367. The zero-order valence-corrected chi connectivity index (χ0v) is 17.6. The van der Waals surface area contributed by atoms with E-state index in [1.54, 1.807) is 26.0 Å². The van der Waals surface area contributed by atoms with Crippen LogP contribution in [0.4, 0.5) is 0 Å². The number of hydrogen-bond donors (Lipinski definition) is 0. The van der Waals surface area contributed by atoms with Gasteiger partial charge in [0.2, 0.25) is 11.4 Å². The average molecular weight is 407 g/mol. The van der Waals surface area contributed by atoms with Gasteiger partial charge in [-0.25, -0.2) is 9.59 Å². The number of Topliss-reactive ketones (excluding diaryl/α,β-unsaturated/α-hetero) is 1. The van der Waals surface area contributed by atoms with Crippen LogP contribution in [-0.4, -0.2) is 67.0 Å². The number of cyclic esters (lactones) is 1. The van der Waals surface area contributed by atoms with Crippen molar-refractivity contribution in [3.8, 4) is 0 Å². The lowest BCUT2D eigenvalue weighted by Crippen LogP contribution is -2.48. The van der Waals surface area contributed by atoms with Gasteiger partial charge in [-0.15, -0.1) is 0 Å². The average Bonchev–Trinajstić information content (AvgIpc) is 2.65. The Balaban J connectivity index is 2.48. The zero-order valence-electron chi connectivity index (χ0n) is 17.6. The van der Waals surface area contributed by atoms with Crippen molar-refractivity contribution in [3.63, 3.8) is 0 Å². The second-order valence-corrected chi connectivity index (χ2v) is 7.73. The van der Waals surface area contributed by atoms with Gasteiger partial charge in [-0.3, -0.25) is 9.59 Å². The third-order valence-corrected chi connectivity index (χ3v) is 5.48. The minimum atomic E-state index is -1.61. The van der Waals surface area contributed by atoms with Gasteiger partial charge in [0.1, 0.15) is 6.61 Å². The van der Waals surface area contributed by atoms with Crippen LogP contribution >= 0.6 is 0 Å². The van der Waals surface area contributed by atoms with Crippen LogP contribution in [-0.2, 0) is 33.4 Å². The van der Waals surface area contributed by atoms with E-state index in [1.807, 2.05) is 11.9 Å². The number of ketones is 1. The van der Waals surface area contributed by atoms with Crippen LogP contribution in [0.25, 0.3) is 0 Å². The molecule has 2 aliphatic heterocycles. The molecule has 0 unspecified atom stereocenters. The van der Waals surface area contributed by atoms with Crippen LogP contribution in [0.1, 0.15) is 40.5 Å². The highest BCUT2D eigenvalue weighted by molar-refractivity contribution is 6.01. The maximum Gasteiger partial charge on any atom is 0.350 e. The fourth-order valence-electron chi connectivity index (χ4n) is 3.35. The van der Waals surface area contributed by atoms with Crippen molar-refractivity contribution in [3.05, 3.63) is 23.3 Å². The van der Waals surface area contributed by atoms with Crippen molar-refractivity contribution in [2.45, 2.75) is 52.2 Å². The van der Waals surface area contributed by atoms with Gasteiger partial charge < -0.3 is 19.1 Å². The van der Waals surface area contributed by atoms with Gasteiger partial charge in [0.25, 0.3) is 0 Å². The molecule has 8 nitrogen and oxygen atoms in total. The molecule has 0 aromatic rings. The Morgan fingerprint density at radius 3 is 2.66 bits per heavy atom. The van der Waals surface area contributed by atoms with E-state index in [0.717, 1.165) is 0 Å². The first kappa shape index (κ1) is 22.8. The normalized spacial score (nSPS) is 33.2. The Bertz CT molecular complexity index is 754. The minimum Gasteiger partial charge on any atom is -0.458 e. The van der Waals surface area contributed by atoms with Crippen molar-refractivity contribution >= 4 is 23.7 Å². The molecule has 1 saturated heterocycles. The molecule has 2 heterocycles. The number of nitrogens with zero attached hydrogens (tertiary/aromatic N) is 1. The summed E-state index contributed by atoms with van der Waals surface area (Å²) in [6.07, 6.45) is 2.78. The molecule has 8 heteroatoms. The fraction of sp³-hybridized carbons (Fsp3) is 0.619. The number of likely N-dealkylation sites (N-methyl/N-ethyl adjacent to an activating group) is 1. The highest BCUT2D eigenvalue weighted by atomic mass is 16.6. The largest absolute Gasteiger partial charge is 0.458 e. The van der Waals surface area contributed by atoms with E-state index in [-0.39, 0.29) is 24.4 Å². The summed E-state index contributed by atoms with van der Waals surface area (Å²) in [5.74, 6) is -2.95. The second kappa shape index (κ2) is 9.35. The molecule has 3 atom stereocenters. The number of carbonyl (C=O) groups excluding carboxylic acids is 4. The molecule has 0 N–H and O–H groups in total. The highest BCUT2D eigenvalue weighted by Gasteiger charge is 2.45. The summed E-state index contributed by atoms with van der Waals surface area (Å²) in [4.78, 5) is 52.1. The van der Waals surface area contributed by atoms with E-state index in [1.165, 1.54) is 13.8 Å². The van der Waals surface area contributed by atoms with Crippen molar-refractivity contribution in [2.24, 2.45) is 5.92 Å². The molecule has 29 heavy (non-hydrogen) atoms. The summed E-state index contributed by atoms with van der Waals surface area (Å²) < 4.78 is 16.3. The predicted octanol–water partition coefficient (Wildman–Crippen LogP) is 1.58. The standard InChI is InChI=1S/C21H29NO7/c1-6-15-11-13(2)21(4,29-14(3)23)20(26)27-12-16-7-9-22(5)10-8-17(18(16)24)28-19(15)25/h6-7,13,17H,8-12H2,1-5H3/b15-6?,16-7-/t13-,17-,21+/m1/s1. The van der Waals surface area contributed by atoms with E-state index < -0.39 is 35.5 Å². The van der Waals surface area contributed by atoms with Crippen molar-refractivity contribution in [1.82, 2.24) is 4.90 Å². The predicted molar refractivity (Wildman–Crippen MR) is 104 cm³/mol. The second-order valence-electron chi connectivity index (χ2n) is 7.73. The van der Waals surface area contributed by atoms with Gasteiger partial charge >= 0.3 is 17.9 Å².